The average Bonchev–Trinajstić information content (AvgIpc) is 2.44. The third-order valence-electron chi connectivity index (χ3n) is 2.56. The molecule has 1 atom stereocenters. The van der Waals surface area contributed by atoms with Crippen molar-refractivity contribution in [1.29, 1.82) is 0 Å². The van der Waals surface area contributed by atoms with Crippen molar-refractivity contribution in [2.24, 2.45) is 7.05 Å². The summed E-state index contributed by atoms with van der Waals surface area (Å²) in [6.07, 6.45) is 2.82. The molecule has 0 radical (unpaired) electrons. The summed E-state index contributed by atoms with van der Waals surface area (Å²) in [5.41, 5.74) is 1.20. The van der Waals surface area contributed by atoms with Crippen LogP contribution in [0.2, 0.25) is 0 Å². The summed E-state index contributed by atoms with van der Waals surface area (Å²) in [5.74, 6) is 0.871. The Labute approximate surface area is 99.9 Å². The Bertz CT molecular complexity index is 331. The fraction of sp³-hybridized carbons (Fsp3) is 0.727. The lowest BCUT2D eigenvalue weighted by molar-refractivity contribution is 0.375. The first-order valence-electron chi connectivity index (χ1n) is 5.09. The van der Waals surface area contributed by atoms with Crippen LogP contribution in [-0.4, -0.2) is 21.7 Å². The van der Waals surface area contributed by atoms with Gasteiger partial charge in [-0.25, -0.2) is 0 Å². The largest absolute Gasteiger partial charge is 0.493 e. The van der Waals surface area contributed by atoms with Gasteiger partial charge in [0.1, 0.15) is 0 Å². The number of rotatable bonds is 4. The van der Waals surface area contributed by atoms with Crippen molar-refractivity contribution in [2.75, 3.05) is 7.11 Å². The van der Waals surface area contributed by atoms with Crippen LogP contribution >= 0.6 is 15.9 Å². The number of hydrogen-bond acceptors (Lipinski definition) is 2. The van der Waals surface area contributed by atoms with E-state index in [4.69, 9.17) is 4.74 Å². The van der Waals surface area contributed by atoms with Gasteiger partial charge in [-0.05, 0) is 6.42 Å². The van der Waals surface area contributed by atoms with E-state index >= 15 is 0 Å². The molecule has 15 heavy (non-hydrogen) atoms. The summed E-state index contributed by atoms with van der Waals surface area (Å²) in [6.45, 7) is 6.58. The fourth-order valence-corrected chi connectivity index (χ4v) is 2.95. The van der Waals surface area contributed by atoms with Crippen molar-refractivity contribution < 1.29 is 4.74 Å². The zero-order valence-electron chi connectivity index (χ0n) is 10.0. The number of ether oxygens (including phenoxy) is 1. The molecule has 3 nitrogen and oxygen atoms in total. The molecule has 0 N–H and O–H groups in total. The van der Waals surface area contributed by atoms with Crippen LogP contribution in [0.3, 0.4) is 0 Å². The molecular formula is C11H19BrN2O. The highest BCUT2D eigenvalue weighted by Crippen LogP contribution is 2.35. The van der Waals surface area contributed by atoms with Gasteiger partial charge in [0.05, 0.1) is 19.0 Å². The topological polar surface area (TPSA) is 27.1 Å². The maximum Gasteiger partial charge on any atom is 0.160 e. The average molecular weight is 275 g/mol. The monoisotopic (exact) mass is 274 g/mol. The highest BCUT2D eigenvalue weighted by atomic mass is 79.9. The molecule has 0 fully saturated rings. The molecule has 0 aromatic carbocycles. The zero-order valence-corrected chi connectivity index (χ0v) is 11.6. The van der Waals surface area contributed by atoms with Crippen LogP contribution in [0.1, 0.15) is 32.9 Å². The summed E-state index contributed by atoms with van der Waals surface area (Å²) in [4.78, 5) is 0.479. The van der Waals surface area contributed by atoms with Crippen LogP contribution in [0.15, 0.2) is 6.20 Å². The van der Waals surface area contributed by atoms with E-state index in [9.17, 15) is 0 Å². The molecule has 1 aromatic heterocycles. The summed E-state index contributed by atoms with van der Waals surface area (Å²) in [5, 5.41) is 4.24. The van der Waals surface area contributed by atoms with Gasteiger partial charge in [0.15, 0.2) is 5.75 Å². The van der Waals surface area contributed by atoms with Crippen molar-refractivity contribution in [3.8, 4) is 5.75 Å². The maximum atomic E-state index is 5.34. The predicted octanol–water partition coefficient (Wildman–Crippen LogP) is 2.88. The van der Waals surface area contributed by atoms with E-state index in [2.05, 4.69) is 41.8 Å². The van der Waals surface area contributed by atoms with Gasteiger partial charge in [0.25, 0.3) is 0 Å². The number of alkyl halides is 1. The summed E-state index contributed by atoms with van der Waals surface area (Å²) in [6, 6.07) is 0. The van der Waals surface area contributed by atoms with E-state index in [-0.39, 0.29) is 5.41 Å². The van der Waals surface area contributed by atoms with Gasteiger partial charge in [0, 0.05) is 17.3 Å². The number of methoxy groups -OCH3 is 1. The first-order chi connectivity index (χ1) is 6.88. The molecular weight excluding hydrogens is 256 g/mol. The van der Waals surface area contributed by atoms with Gasteiger partial charge in [-0.2, -0.15) is 5.10 Å². The van der Waals surface area contributed by atoms with E-state index in [1.54, 1.807) is 13.3 Å². The molecule has 1 aromatic rings. The number of hydrogen-bond donors (Lipinski definition) is 0. The summed E-state index contributed by atoms with van der Waals surface area (Å²) < 4.78 is 7.23. The lowest BCUT2D eigenvalue weighted by atomic mass is 9.84. The molecule has 86 valence electrons. The lowest BCUT2D eigenvalue weighted by Crippen LogP contribution is -2.24. The van der Waals surface area contributed by atoms with E-state index in [1.807, 2.05) is 11.7 Å². The number of halogens is 1. The SMILES string of the molecule is COc1cnn(C)c1C(C)(C)CC(C)Br. The lowest BCUT2D eigenvalue weighted by Gasteiger charge is -2.27. The standard InChI is InChI=1S/C11H19BrN2O/c1-8(12)6-11(2,3)10-9(15-5)7-13-14(10)4/h7-8H,6H2,1-5H3. The van der Waals surface area contributed by atoms with E-state index in [0.717, 1.165) is 17.9 Å². The smallest absolute Gasteiger partial charge is 0.160 e. The third-order valence-corrected chi connectivity index (χ3v) is 2.88. The normalized spacial score (nSPS) is 14.0. The van der Waals surface area contributed by atoms with Gasteiger partial charge in [-0.15, -0.1) is 0 Å². The zero-order chi connectivity index (χ0) is 11.6. The molecule has 1 heterocycles. The Morgan fingerprint density at radius 3 is 2.67 bits per heavy atom. The van der Waals surface area contributed by atoms with Crippen molar-refractivity contribution in [1.82, 2.24) is 9.78 Å². The number of aromatic nitrogens is 2. The van der Waals surface area contributed by atoms with Gasteiger partial charge >= 0.3 is 0 Å². The Kier molecular flexibility index (Phi) is 3.82. The molecule has 0 amide bonds. The van der Waals surface area contributed by atoms with Gasteiger partial charge in [-0.1, -0.05) is 36.7 Å². The predicted molar refractivity (Wildman–Crippen MR) is 65.8 cm³/mol. The molecule has 0 aliphatic carbocycles. The van der Waals surface area contributed by atoms with Crippen LogP contribution in [0.5, 0.6) is 5.75 Å². The first kappa shape index (κ1) is 12.6. The fourth-order valence-electron chi connectivity index (χ4n) is 2.14. The molecule has 4 heteroatoms. The number of aryl methyl sites for hydroxylation is 1. The second kappa shape index (κ2) is 4.56. The Balaban J connectivity index is 3.07. The Morgan fingerprint density at radius 1 is 1.60 bits per heavy atom. The van der Waals surface area contributed by atoms with Gasteiger partial charge in [-0.3, -0.25) is 4.68 Å². The molecule has 1 rings (SSSR count). The minimum atomic E-state index is 0.0551. The van der Waals surface area contributed by atoms with Gasteiger partial charge in [0.2, 0.25) is 0 Å². The van der Waals surface area contributed by atoms with E-state index < -0.39 is 0 Å². The van der Waals surface area contributed by atoms with E-state index in [1.165, 1.54) is 0 Å². The molecule has 0 spiro atoms. The third kappa shape index (κ3) is 2.74. The Hall–Kier alpha value is -0.510. The van der Waals surface area contributed by atoms with Crippen molar-refractivity contribution >= 4 is 15.9 Å². The van der Waals surface area contributed by atoms with Crippen LogP contribution < -0.4 is 4.74 Å². The maximum absolute atomic E-state index is 5.34. The molecule has 0 saturated carbocycles. The number of nitrogens with zero attached hydrogens (tertiary/aromatic N) is 2. The Morgan fingerprint density at radius 2 is 2.20 bits per heavy atom. The summed E-state index contributed by atoms with van der Waals surface area (Å²) >= 11 is 3.60. The first-order valence-corrected chi connectivity index (χ1v) is 6.00. The van der Waals surface area contributed by atoms with Crippen molar-refractivity contribution in [3.63, 3.8) is 0 Å². The molecule has 0 bridgehead atoms. The van der Waals surface area contributed by atoms with Crippen LogP contribution in [-0.2, 0) is 12.5 Å². The molecule has 0 saturated heterocycles. The van der Waals surface area contributed by atoms with Crippen LogP contribution in [0.25, 0.3) is 0 Å². The quantitative estimate of drug-likeness (QED) is 0.790. The minimum absolute atomic E-state index is 0.0551. The van der Waals surface area contributed by atoms with Crippen molar-refractivity contribution in [3.05, 3.63) is 11.9 Å². The molecule has 0 aliphatic heterocycles. The second-order valence-corrected chi connectivity index (χ2v) is 6.12. The molecule has 0 aliphatic rings. The minimum Gasteiger partial charge on any atom is -0.493 e. The summed E-state index contributed by atoms with van der Waals surface area (Å²) in [7, 11) is 3.65. The van der Waals surface area contributed by atoms with Crippen LogP contribution in [0, 0.1) is 0 Å². The van der Waals surface area contributed by atoms with Crippen LogP contribution in [0.4, 0.5) is 0 Å². The van der Waals surface area contributed by atoms with E-state index in [0.29, 0.717) is 4.83 Å². The second-order valence-electron chi connectivity index (χ2n) is 4.55. The highest BCUT2D eigenvalue weighted by Gasteiger charge is 2.29. The molecule has 1 unspecified atom stereocenters. The van der Waals surface area contributed by atoms with Gasteiger partial charge < -0.3 is 4.74 Å². The highest BCUT2D eigenvalue weighted by molar-refractivity contribution is 9.09. The van der Waals surface area contributed by atoms with Crippen molar-refractivity contribution in [2.45, 2.75) is 37.4 Å².